The van der Waals surface area contributed by atoms with Crippen molar-refractivity contribution in [3.63, 3.8) is 0 Å². The van der Waals surface area contributed by atoms with E-state index < -0.39 is 0 Å². The Bertz CT molecular complexity index is 245. The molecule has 1 rings (SSSR count). The summed E-state index contributed by atoms with van der Waals surface area (Å²) < 4.78 is 0. The number of aliphatic hydroxyl groups excluding tert-OH is 1. The minimum absolute atomic E-state index is 0.155. The lowest BCUT2D eigenvalue weighted by atomic mass is 9.93. The van der Waals surface area contributed by atoms with Crippen molar-refractivity contribution in [3.8, 4) is 0 Å². The maximum Gasteiger partial charge on any atom is 0.0611 e. The van der Waals surface area contributed by atoms with Gasteiger partial charge >= 0.3 is 0 Å². The van der Waals surface area contributed by atoms with Crippen LogP contribution in [0.2, 0.25) is 0 Å². The highest BCUT2D eigenvalue weighted by Gasteiger charge is 2.31. The molecule has 0 aromatic carbocycles. The first-order chi connectivity index (χ1) is 8.40. The molecule has 3 atom stereocenters. The maximum absolute atomic E-state index is 9.64. The first kappa shape index (κ1) is 15.9. The molecule has 0 radical (unpaired) electrons. The van der Waals surface area contributed by atoms with E-state index >= 15 is 0 Å². The van der Waals surface area contributed by atoms with E-state index in [9.17, 15) is 5.11 Å². The zero-order valence-corrected chi connectivity index (χ0v) is 12.9. The quantitative estimate of drug-likeness (QED) is 0.733. The smallest absolute Gasteiger partial charge is 0.0611 e. The van der Waals surface area contributed by atoms with Crippen LogP contribution in [0, 0.1) is 5.92 Å². The Hall–Kier alpha value is -0.120. The van der Waals surface area contributed by atoms with Crippen LogP contribution in [0.3, 0.4) is 0 Å². The summed E-state index contributed by atoms with van der Waals surface area (Å²) in [7, 11) is 0. The standard InChI is InChI=1S/C15H32N2O/c1-6-14-7-8-17(10-14)13(4)9-15(5,11-18)16-12(2)3/h12-14,16,18H,6-11H2,1-5H3. The molecular formula is C15H32N2O. The molecule has 18 heavy (non-hydrogen) atoms. The minimum Gasteiger partial charge on any atom is -0.394 e. The lowest BCUT2D eigenvalue weighted by Crippen LogP contribution is -2.52. The fourth-order valence-corrected chi connectivity index (χ4v) is 3.24. The Morgan fingerprint density at radius 1 is 1.39 bits per heavy atom. The van der Waals surface area contributed by atoms with Crippen LogP contribution >= 0.6 is 0 Å². The van der Waals surface area contributed by atoms with Crippen molar-refractivity contribution in [2.75, 3.05) is 19.7 Å². The topological polar surface area (TPSA) is 35.5 Å². The van der Waals surface area contributed by atoms with Gasteiger partial charge in [-0.25, -0.2) is 0 Å². The number of hydrogen-bond acceptors (Lipinski definition) is 3. The molecular weight excluding hydrogens is 224 g/mol. The first-order valence-electron chi connectivity index (χ1n) is 7.52. The van der Waals surface area contributed by atoms with Crippen molar-refractivity contribution in [1.82, 2.24) is 10.2 Å². The molecule has 2 N–H and O–H groups in total. The van der Waals surface area contributed by atoms with Crippen molar-refractivity contribution >= 4 is 0 Å². The van der Waals surface area contributed by atoms with Gasteiger partial charge < -0.3 is 15.3 Å². The summed E-state index contributed by atoms with van der Waals surface area (Å²) in [6.07, 6.45) is 3.65. The first-order valence-corrected chi connectivity index (χ1v) is 7.52. The molecule has 0 aromatic rings. The third kappa shape index (κ3) is 4.52. The summed E-state index contributed by atoms with van der Waals surface area (Å²) >= 11 is 0. The van der Waals surface area contributed by atoms with E-state index in [0.29, 0.717) is 12.1 Å². The molecule has 0 spiro atoms. The van der Waals surface area contributed by atoms with Crippen molar-refractivity contribution < 1.29 is 5.11 Å². The van der Waals surface area contributed by atoms with Crippen LogP contribution in [-0.2, 0) is 0 Å². The molecule has 3 unspecified atom stereocenters. The second kappa shape index (κ2) is 6.88. The maximum atomic E-state index is 9.64. The average Bonchev–Trinajstić information content (AvgIpc) is 2.76. The summed E-state index contributed by atoms with van der Waals surface area (Å²) in [4.78, 5) is 2.59. The van der Waals surface area contributed by atoms with E-state index in [4.69, 9.17) is 0 Å². The molecule has 1 aliphatic heterocycles. The second-order valence-electron chi connectivity index (χ2n) is 6.63. The molecule has 3 heteroatoms. The van der Waals surface area contributed by atoms with Gasteiger partial charge in [0.2, 0.25) is 0 Å². The molecule has 0 saturated carbocycles. The van der Waals surface area contributed by atoms with Crippen LogP contribution in [0.4, 0.5) is 0 Å². The number of aliphatic hydroxyl groups is 1. The highest BCUT2D eigenvalue weighted by Crippen LogP contribution is 2.25. The SMILES string of the molecule is CCC1CCN(C(C)CC(C)(CO)NC(C)C)C1. The Balaban J connectivity index is 2.49. The van der Waals surface area contributed by atoms with E-state index in [1.54, 1.807) is 0 Å². The molecule has 108 valence electrons. The van der Waals surface area contributed by atoms with Gasteiger partial charge in [-0.15, -0.1) is 0 Å². The zero-order chi connectivity index (χ0) is 13.8. The van der Waals surface area contributed by atoms with E-state index in [1.165, 1.54) is 25.9 Å². The highest BCUT2D eigenvalue weighted by molar-refractivity contribution is 4.90. The average molecular weight is 256 g/mol. The molecule has 3 nitrogen and oxygen atoms in total. The monoisotopic (exact) mass is 256 g/mol. The summed E-state index contributed by atoms with van der Waals surface area (Å²) in [5, 5.41) is 13.2. The molecule has 0 aliphatic carbocycles. The lowest BCUT2D eigenvalue weighted by Gasteiger charge is -2.36. The number of likely N-dealkylation sites (tertiary alicyclic amines) is 1. The van der Waals surface area contributed by atoms with Crippen LogP contribution in [0.15, 0.2) is 0 Å². The Morgan fingerprint density at radius 3 is 2.50 bits per heavy atom. The molecule has 1 fully saturated rings. The van der Waals surface area contributed by atoms with Gasteiger partial charge in [-0.1, -0.05) is 27.2 Å². The summed E-state index contributed by atoms with van der Waals surface area (Å²) in [5.74, 6) is 0.880. The third-order valence-corrected chi connectivity index (χ3v) is 4.25. The number of nitrogens with one attached hydrogen (secondary N) is 1. The van der Waals surface area contributed by atoms with Gasteiger partial charge in [0.25, 0.3) is 0 Å². The van der Waals surface area contributed by atoms with Crippen LogP contribution in [0.5, 0.6) is 0 Å². The summed E-state index contributed by atoms with van der Waals surface area (Å²) in [5.41, 5.74) is -0.155. The van der Waals surface area contributed by atoms with Gasteiger partial charge in [-0.05, 0) is 39.2 Å². The van der Waals surface area contributed by atoms with Crippen LogP contribution < -0.4 is 5.32 Å². The fourth-order valence-electron chi connectivity index (χ4n) is 3.24. The Labute approximate surface area is 113 Å². The molecule has 0 amide bonds. The van der Waals surface area contributed by atoms with Gasteiger partial charge in [-0.2, -0.15) is 0 Å². The van der Waals surface area contributed by atoms with Crippen molar-refractivity contribution in [2.45, 2.75) is 71.5 Å². The zero-order valence-electron chi connectivity index (χ0n) is 12.9. The fraction of sp³-hybridized carbons (Fsp3) is 1.00. The van der Waals surface area contributed by atoms with E-state index in [-0.39, 0.29) is 12.1 Å². The minimum atomic E-state index is -0.155. The largest absolute Gasteiger partial charge is 0.394 e. The predicted molar refractivity (Wildman–Crippen MR) is 77.8 cm³/mol. The van der Waals surface area contributed by atoms with Crippen molar-refractivity contribution in [1.29, 1.82) is 0 Å². The number of rotatable bonds is 7. The molecule has 1 heterocycles. The van der Waals surface area contributed by atoms with Crippen molar-refractivity contribution in [2.24, 2.45) is 5.92 Å². The van der Waals surface area contributed by atoms with E-state index in [1.807, 2.05) is 0 Å². The lowest BCUT2D eigenvalue weighted by molar-refractivity contribution is 0.117. The molecule has 0 aromatic heterocycles. The van der Waals surface area contributed by atoms with E-state index in [0.717, 1.165) is 12.3 Å². The summed E-state index contributed by atoms with van der Waals surface area (Å²) in [6.45, 7) is 13.7. The van der Waals surface area contributed by atoms with Crippen molar-refractivity contribution in [3.05, 3.63) is 0 Å². The van der Waals surface area contributed by atoms with Gasteiger partial charge in [0.05, 0.1) is 6.61 Å². The highest BCUT2D eigenvalue weighted by atomic mass is 16.3. The van der Waals surface area contributed by atoms with Gasteiger partial charge in [0.1, 0.15) is 0 Å². The van der Waals surface area contributed by atoms with E-state index in [2.05, 4.69) is 44.8 Å². The van der Waals surface area contributed by atoms with Crippen LogP contribution in [0.1, 0.15) is 53.9 Å². The van der Waals surface area contributed by atoms with Gasteiger partial charge in [0.15, 0.2) is 0 Å². The Kier molecular flexibility index (Phi) is 6.09. The number of hydrogen-bond donors (Lipinski definition) is 2. The predicted octanol–water partition coefficient (Wildman–Crippen LogP) is 2.25. The molecule has 1 saturated heterocycles. The second-order valence-corrected chi connectivity index (χ2v) is 6.63. The van der Waals surface area contributed by atoms with Gasteiger partial charge in [-0.3, -0.25) is 0 Å². The summed E-state index contributed by atoms with van der Waals surface area (Å²) in [6, 6.07) is 0.960. The van der Waals surface area contributed by atoms with Gasteiger partial charge in [0, 0.05) is 24.2 Å². The third-order valence-electron chi connectivity index (χ3n) is 4.25. The number of nitrogens with zero attached hydrogens (tertiary/aromatic N) is 1. The van der Waals surface area contributed by atoms with Crippen LogP contribution in [0.25, 0.3) is 0 Å². The molecule has 1 aliphatic rings. The molecule has 0 bridgehead atoms. The normalized spacial score (nSPS) is 26.5. The Morgan fingerprint density at radius 2 is 2.06 bits per heavy atom. The van der Waals surface area contributed by atoms with Crippen LogP contribution in [-0.4, -0.2) is 47.3 Å².